The van der Waals surface area contributed by atoms with E-state index in [0.717, 1.165) is 11.1 Å². The number of nitrogens with two attached hydrogens (primary N) is 1. The molecule has 1 aliphatic rings. The maximum atomic E-state index is 12.9. The molecule has 0 aliphatic carbocycles. The van der Waals surface area contributed by atoms with Gasteiger partial charge in [0.15, 0.2) is 0 Å². The first-order valence-electron chi connectivity index (χ1n) is 9.45. The fourth-order valence-corrected chi connectivity index (χ4v) is 3.62. The largest absolute Gasteiger partial charge is 0.477 e. The number of carboxylic acid groups (broad SMARTS) is 1. The van der Waals surface area contributed by atoms with Crippen LogP contribution in [0.4, 0.5) is 11.4 Å². The number of fused-ring (bicyclic) bond motifs is 2. The molecule has 0 saturated heterocycles. The van der Waals surface area contributed by atoms with Crippen molar-refractivity contribution in [1.82, 2.24) is 9.55 Å². The van der Waals surface area contributed by atoms with E-state index in [-0.39, 0.29) is 11.2 Å². The van der Waals surface area contributed by atoms with Gasteiger partial charge in [0.1, 0.15) is 15.9 Å². The smallest absolute Gasteiger partial charge is 0.349 e. The Hall–Kier alpha value is -3.62. The maximum Gasteiger partial charge on any atom is 0.349 e. The second kappa shape index (κ2) is 8.49. The molecule has 1 aromatic heterocycles. The van der Waals surface area contributed by atoms with Crippen molar-refractivity contribution in [1.29, 1.82) is 0 Å². The molecular weight excluding hydrogens is 455 g/mol. The van der Waals surface area contributed by atoms with E-state index in [1.807, 2.05) is 18.2 Å². The molecule has 162 valence electrons. The summed E-state index contributed by atoms with van der Waals surface area (Å²) in [6.07, 6.45) is 2.61. The maximum absolute atomic E-state index is 12.9. The average molecular weight is 471 g/mol. The van der Waals surface area contributed by atoms with E-state index in [9.17, 15) is 14.4 Å². The van der Waals surface area contributed by atoms with Crippen LogP contribution in [0.5, 0.6) is 0 Å². The van der Waals surface area contributed by atoms with Crippen LogP contribution in [0.15, 0.2) is 57.3 Å². The highest BCUT2D eigenvalue weighted by Gasteiger charge is 2.22. The van der Waals surface area contributed by atoms with Gasteiger partial charge in [-0.2, -0.15) is 0 Å². The second-order valence-electron chi connectivity index (χ2n) is 7.10. The standard InChI is InChI=1S/C22H16Cl2N4O4/c23-17(18(24)22(31)32)20(29)26-14-5-6-15-16(10-14)27-19-12(7-8-28(19)21(15)30)9-11-1-3-13(25)4-2-11/h1-6,9-10H,7-8,25H2,(H,26,29)(H,31,32). The van der Waals surface area contributed by atoms with Crippen LogP contribution in [0.1, 0.15) is 17.8 Å². The van der Waals surface area contributed by atoms with Gasteiger partial charge in [-0.3, -0.25) is 14.2 Å². The van der Waals surface area contributed by atoms with Gasteiger partial charge in [-0.05, 0) is 54.0 Å². The highest BCUT2D eigenvalue weighted by molar-refractivity contribution is 6.54. The molecule has 4 N–H and O–H groups in total. The molecule has 3 aromatic rings. The van der Waals surface area contributed by atoms with Crippen molar-refractivity contribution in [2.45, 2.75) is 13.0 Å². The number of rotatable bonds is 4. The number of hydrogen-bond acceptors (Lipinski definition) is 5. The quantitative estimate of drug-likeness (QED) is 0.394. The van der Waals surface area contributed by atoms with E-state index in [1.54, 1.807) is 22.8 Å². The molecule has 2 aromatic carbocycles. The predicted molar refractivity (Wildman–Crippen MR) is 124 cm³/mol. The Labute approximate surface area is 191 Å². The van der Waals surface area contributed by atoms with Crippen molar-refractivity contribution in [3.8, 4) is 0 Å². The fourth-order valence-electron chi connectivity index (χ4n) is 3.41. The van der Waals surface area contributed by atoms with Crippen LogP contribution in [-0.2, 0) is 16.1 Å². The van der Waals surface area contributed by atoms with E-state index in [4.69, 9.17) is 34.0 Å². The van der Waals surface area contributed by atoms with Gasteiger partial charge >= 0.3 is 5.97 Å². The lowest BCUT2D eigenvalue weighted by Crippen LogP contribution is -2.21. The second-order valence-corrected chi connectivity index (χ2v) is 7.85. The Morgan fingerprint density at radius 2 is 1.84 bits per heavy atom. The van der Waals surface area contributed by atoms with Gasteiger partial charge in [0.25, 0.3) is 11.5 Å². The van der Waals surface area contributed by atoms with Crippen LogP contribution < -0.4 is 16.6 Å². The summed E-state index contributed by atoms with van der Waals surface area (Å²) in [6, 6.07) is 11.9. The Morgan fingerprint density at radius 1 is 1.12 bits per heavy atom. The van der Waals surface area contributed by atoms with E-state index in [0.29, 0.717) is 35.4 Å². The van der Waals surface area contributed by atoms with Crippen LogP contribution in [0.25, 0.3) is 22.6 Å². The highest BCUT2D eigenvalue weighted by atomic mass is 35.5. The van der Waals surface area contributed by atoms with Crippen LogP contribution in [0.3, 0.4) is 0 Å². The zero-order chi connectivity index (χ0) is 23.0. The van der Waals surface area contributed by atoms with Gasteiger partial charge in [0.2, 0.25) is 0 Å². The number of hydrogen-bond donors (Lipinski definition) is 3. The highest BCUT2D eigenvalue weighted by Crippen LogP contribution is 2.28. The SMILES string of the molecule is Nc1ccc(C=C2CCn3c2nc2cc(NC(=O)C(Cl)=C(Cl)C(=O)O)ccc2c3=O)cc1. The lowest BCUT2D eigenvalue weighted by molar-refractivity contribution is -0.132. The molecular formula is C22H16Cl2N4O4. The van der Waals surface area contributed by atoms with Crippen molar-refractivity contribution >= 4 is 69.0 Å². The van der Waals surface area contributed by atoms with E-state index in [2.05, 4.69) is 10.3 Å². The third-order valence-electron chi connectivity index (χ3n) is 4.96. The van der Waals surface area contributed by atoms with Crippen molar-refractivity contribution < 1.29 is 14.7 Å². The van der Waals surface area contributed by atoms with Gasteiger partial charge in [-0.15, -0.1) is 0 Å². The number of anilines is 2. The number of halogens is 2. The Kier molecular flexibility index (Phi) is 5.73. The number of carbonyl (C=O) groups excluding carboxylic acids is 1. The predicted octanol–water partition coefficient (Wildman–Crippen LogP) is 3.64. The summed E-state index contributed by atoms with van der Waals surface area (Å²) in [4.78, 5) is 40.6. The first-order valence-corrected chi connectivity index (χ1v) is 10.2. The summed E-state index contributed by atoms with van der Waals surface area (Å²) in [5.74, 6) is -1.86. The molecule has 1 amide bonds. The number of nitrogens with one attached hydrogen (secondary N) is 1. The van der Waals surface area contributed by atoms with Crippen molar-refractivity contribution in [3.05, 3.63) is 74.3 Å². The Bertz CT molecular complexity index is 1390. The molecule has 0 bridgehead atoms. The number of amides is 1. The monoisotopic (exact) mass is 470 g/mol. The zero-order valence-corrected chi connectivity index (χ0v) is 17.9. The van der Waals surface area contributed by atoms with Crippen LogP contribution in [-0.4, -0.2) is 26.5 Å². The van der Waals surface area contributed by atoms with Gasteiger partial charge in [0, 0.05) is 17.9 Å². The van der Waals surface area contributed by atoms with Crippen molar-refractivity contribution in [2.75, 3.05) is 11.1 Å². The molecule has 0 radical (unpaired) electrons. The first-order chi connectivity index (χ1) is 15.2. The minimum absolute atomic E-state index is 0.185. The normalized spacial score (nSPS) is 14.9. The minimum Gasteiger partial charge on any atom is -0.477 e. The van der Waals surface area contributed by atoms with E-state index >= 15 is 0 Å². The number of carboxylic acids is 1. The fraction of sp³-hybridized carbons (Fsp3) is 0.0909. The molecule has 8 nitrogen and oxygen atoms in total. The third kappa shape index (κ3) is 4.10. The molecule has 10 heteroatoms. The van der Waals surface area contributed by atoms with Gasteiger partial charge in [-0.1, -0.05) is 35.3 Å². The van der Waals surface area contributed by atoms with E-state index in [1.165, 1.54) is 12.1 Å². The number of nitrogen functional groups attached to an aromatic ring is 1. The Morgan fingerprint density at radius 3 is 2.53 bits per heavy atom. The molecule has 0 atom stereocenters. The van der Waals surface area contributed by atoms with Gasteiger partial charge in [0.05, 0.1) is 10.9 Å². The first kappa shape index (κ1) is 21.6. The lowest BCUT2D eigenvalue weighted by atomic mass is 10.1. The summed E-state index contributed by atoms with van der Waals surface area (Å²) in [6.45, 7) is 0.518. The summed E-state index contributed by atoms with van der Waals surface area (Å²) in [7, 11) is 0. The number of allylic oxidation sites excluding steroid dienone is 1. The molecule has 0 fully saturated rings. The molecule has 2 heterocycles. The zero-order valence-electron chi connectivity index (χ0n) is 16.4. The van der Waals surface area contributed by atoms with Crippen molar-refractivity contribution in [3.63, 3.8) is 0 Å². The molecule has 0 saturated carbocycles. The van der Waals surface area contributed by atoms with Gasteiger partial charge < -0.3 is 16.2 Å². The molecule has 0 spiro atoms. The van der Waals surface area contributed by atoms with Crippen LogP contribution in [0.2, 0.25) is 0 Å². The van der Waals surface area contributed by atoms with Crippen molar-refractivity contribution in [2.24, 2.45) is 0 Å². The molecule has 4 rings (SSSR count). The lowest BCUT2D eigenvalue weighted by Gasteiger charge is -2.09. The van der Waals surface area contributed by atoms with Crippen LogP contribution in [0, 0.1) is 0 Å². The third-order valence-corrected chi connectivity index (χ3v) is 5.77. The number of carbonyl (C=O) groups is 2. The van der Waals surface area contributed by atoms with Crippen LogP contribution >= 0.6 is 23.2 Å². The Balaban J connectivity index is 1.72. The number of nitrogens with zero attached hydrogens (tertiary/aromatic N) is 2. The minimum atomic E-state index is -1.52. The topological polar surface area (TPSA) is 127 Å². The van der Waals surface area contributed by atoms with Gasteiger partial charge in [-0.25, -0.2) is 9.78 Å². The summed E-state index contributed by atoms with van der Waals surface area (Å²) in [5.41, 5.74) is 8.73. The summed E-state index contributed by atoms with van der Waals surface area (Å²) in [5, 5.41) is 10.3. The summed E-state index contributed by atoms with van der Waals surface area (Å²) < 4.78 is 1.62. The van der Waals surface area contributed by atoms with E-state index < -0.39 is 21.9 Å². The summed E-state index contributed by atoms with van der Waals surface area (Å²) >= 11 is 11.2. The number of aromatic nitrogens is 2. The average Bonchev–Trinajstić information content (AvgIpc) is 3.16. The number of aliphatic carboxylic acids is 1. The molecule has 1 aliphatic heterocycles. The molecule has 0 unspecified atom stereocenters. The number of benzene rings is 2. The molecule has 32 heavy (non-hydrogen) atoms.